The topological polar surface area (TPSA) is 21.6 Å². The fourth-order valence-electron chi connectivity index (χ4n) is 6.15. The van der Waals surface area contributed by atoms with Crippen LogP contribution >= 0.6 is 11.6 Å². The van der Waals surface area contributed by atoms with Crippen molar-refractivity contribution < 1.29 is 4.74 Å². The molecule has 140 valence electrons. The minimum atomic E-state index is 0.0725. The van der Waals surface area contributed by atoms with Gasteiger partial charge < -0.3 is 4.74 Å². The van der Waals surface area contributed by atoms with Crippen LogP contribution in [0, 0.1) is 17.3 Å². The van der Waals surface area contributed by atoms with Gasteiger partial charge in [0.05, 0.1) is 0 Å². The molecule has 0 N–H and O–H groups in total. The quantitative estimate of drug-likeness (QED) is 0.430. The number of ether oxygens (including phenoxy) is 1. The molecule has 2 unspecified atom stereocenters. The lowest BCUT2D eigenvalue weighted by atomic mass is 9.49. The monoisotopic (exact) mass is 379 g/mol. The zero-order valence-electron chi connectivity index (χ0n) is 15.6. The highest BCUT2D eigenvalue weighted by molar-refractivity contribution is 6.24. The van der Waals surface area contributed by atoms with E-state index in [9.17, 15) is 0 Å². The summed E-state index contributed by atoms with van der Waals surface area (Å²) < 4.78 is 5.93. The van der Waals surface area contributed by atoms with Crippen molar-refractivity contribution in [1.82, 2.24) is 0 Å². The highest BCUT2D eigenvalue weighted by Crippen LogP contribution is 2.63. The summed E-state index contributed by atoms with van der Waals surface area (Å²) in [6.45, 7) is 0.915. The predicted molar refractivity (Wildman–Crippen MR) is 111 cm³/mol. The van der Waals surface area contributed by atoms with E-state index in [1.807, 2.05) is 48.7 Å². The highest BCUT2D eigenvalue weighted by atomic mass is 35.5. The molecule has 0 saturated heterocycles. The van der Waals surface area contributed by atoms with Gasteiger partial charge in [0, 0.05) is 17.6 Å². The van der Waals surface area contributed by atoms with Gasteiger partial charge in [0.1, 0.15) is 11.5 Å². The minimum absolute atomic E-state index is 0.0725. The molecule has 4 aliphatic rings. The molecule has 4 saturated carbocycles. The Balaban J connectivity index is 1.27. The molecule has 27 heavy (non-hydrogen) atoms. The van der Waals surface area contributed by atoms with Gasteiger partial charge >= 0.3 is 0 Å². The standard InChI is InChI=1S/C24H26ClNO/c25-24-13-19-9-20(14-24)12-23(11-19,16-24)17-26-15-18-5-4-8-22(10-18)27-21-6-2-1-3-7-21/h1-8,10,15,19-20H,9,11-14,16-17H2/t19-,20+,23?,24?. The van der Waals surface area contributed by atoms with Crippen molar-refractivity contribution in [2.24, 2.45) is 22.2 Å². The Morgan fingerprint density at radius 1 is 0.963 bits per heavy atom. The number of benzene rings is 2. The highest BCUT2D eigenvalue weighted by Gasteiger charge is 2.56. The fraction of sp³-hybridized carbons (Fsp3) is 0.458. The molecular formula is C24H26ClNO. The Morgan fingerprint density at radius 2 is 1.70 bits per heavy atom. The fourth-order valence-corrected chi connectivity index (χ4v) is 6.87. The first-order valence-electron chi connectivity index (χ1n) is 10.1. The minimum Gasteiger partial charge on any atom is -0.457 e. The number of hydrogen-bond acceptors (Lipinski definition) is 2. The number of hydrogen-bond donors (Lipinski definition) is 0. The molecule has 6 rings (SSSR count). The van der Waals surface area contributed by atoms with Crippen molar-refractivity contribution in [3.63, 3.8) is 0 Å². The molecular weight excluding hydrogens is 354 g/mol. The van der Waals surface area contributed by atoms with Crippen molar-refractivity contribution in [3.8, 4) is 11.5 Å². The van der Waals surface area contributed by atoms with Gasteiger partial charge in [-0.1, -0.05) is 30.3 Å². The number of para-hydroxylation sites is 1. The van der Waals surface area contributed by atoms with Gasteiger partial charge in [-0.3, -0.25) is 4.99 Å². The van der Waals surface area contributed by atoms with E-state index in [0.717, 1.165) is 41.9 Å². The summed E-state index contributed by atoms with van der Waals surface area (Å²) in [7, 11) is 0. The molecule has 4 aliphatic carbocycles. The third kappa shape index (κ3) is 3.65. The second kappa shape index (κ2) is 6.67. The van der Waals surface area contributed by atoms with Crippen molar-refractivity contribution in [2.75, 3.05) is 6.54 Å². The molecule has 0 heterocycles. The van der Waals surface area contributed by atoms with Gasteiger partial charge in [0.2, 0.25) is 0 Å². The zero-order valence-corrected chi connectivity index (χ0v) is 16.4. The van der Waals surface area contributed by atoms with Gasteiger partial charge in [0.15, 0.2) is 0 Å². The van der Waals surface area contributed by atoms with Crippen LogP contribution in [0.5, 0.6) is 11.5 Å². The average Bonchev–Trinajstić information content (AvgIpc) is 2.61. The largest absolute Gasteiger partial charge is 0.457 e. The lowest BCUT2D eigenvalue weighted by molar-refractivity contribution is -0.0336. The molecule has 0 aliphatic heterocycles. The number of halogens is 1. The Hall–Kier alpha value is -1.80. The second-order valence-corrected chi connectivity index (χ2v) is 9.87. The molecule has 4 bridgehead atoms. The first-order valence-corrected chi connectivity index (χ1v) is 10.5. The maximum absolute atomic E-state index is 6.95. The van der Waals surface area contributed by atoms with Crippen LogP contribution in [0.4, 0.5) is 0 Å². The molecule has 0 spiro atoms. The van der Waals surface area contributed by atoms with Crippen LogP contribution < -0.4 is 4.74 Å². The lowest BCUT2D eigenvalue weighted by Crippen LogP contribution is -2.54. The molecule has 0 amide bonds. The summed E-state index contributed by atoms with van der Waals surface area (Å²) in [6.07, 6.45) is 9.68. The SMILES string of the molecule is ClC12C[C@H]3C[C@@H](C1)CC(CN=Cc1cccc(Oc4ccccc4)c1)(C3)C2. The number of alkyl halides is 1. The van der Waals surface area contributed by atoms with Crippen LogP contribution in [-0.4, -0.2) is 17.6 Å². The smallest absolute Gasteiger partial charge is 0.128 e. The molecule has 4 atom stereocenters. The van der Waals surface area contributed by atoms with Gasteiger partial charge in [-0.2, -0.15) is 0 Å². The lowest BCUT2D eigenvalue weighted by Gasteiger charge is -2.59. The Labute approximate surface area is 166 Å². The van der Waals surface area contributed by atoms with Gasteiger partial charge in [-0.05, 0) is 85.6 Å². The van der Waals surface area contributed by atoms with E-state index in [0.29, 0.717) is 5.41 Å². The number of rotatable bonds is 5. The van der Waals surface area contributed by atoms with E-state index >= 15 is 0 Å². The Morgan fingerprint density at radius 3 is 2.44 bits per heavy atom. The molecule has 2 aromatic carbocycles. The van der Waals surface area contributed by atoms with Gasteiger partial charge in [-0.15, -0.1) is 11.6 Å². The number of nitrogens with zero attached hydrogens (tertiary/aromatic N) is 1. The molecule has 0 radical (unpaired) electrons. The van der Waals surface area contributed by atoms with Crippen LogP contribution in [0.15, 0.2) is 59.6 Å². The molecule has 2 nitrogen and oxygen atoms in total. The van der Waals surface area contributed by atoms with Crippen molar-refractivity contribution in [3.05, 3.63) is 60.2 Å². The third-order valence-electron chi connectivity index (χ3n) is 6.61. The van der Waals surface area contributed by atoms with Crippen molar-refractivity contribution in [1.29, 1.82) is 0 Å². The Bertz CT molecular complexity index is 832. The van der Waals surface area contributed by atoms with Crippen LogP contribution in [0.1, 0.15) is 44.1 Å². The summed E-state index contributed by atoms with van der Waals surface area (Å²) in [4.78, 5) is 4.94. The Kier molecular flexibility index (Phi) is 4.27. The van der Waals surface area contributed by atoms with E-state index in [1.54, 1.807) is 0 Å². The van der Waals surface area contributed by atoms with E-state index in [4.69, 9.17) is 21.3 Å². The summed E-state index contributed by atoms with van der Waals surface area (Å²) in [5, 5.41) is 0. The molecule has 3 heteroatoms. The van der Waals surface area contributed by atoms with Crippen LogP contribution in [0.25, 0.3) is 0 Å². The summed E-state index contributed by atoms with van der Waals surface area (Å²) in [5.74, 6) is 3.37. The van der Waals surface area contributed by atoms with E-state index in [-0.39, 0.29) is 4.87 Å². The van der Waals surface area contributed by atoms with Gasteiger partial charge in [-0.25, -0.2) is 0 Å². The van der Waals surface area contributed by atoms with Crippen LogP contribution in [0.3, 0.4) is 0 Å². The van der Waals surface area contributed by atoms with E-state index < -0.39 is 0 Å². The first kappa shape index (κ1) is 17.3. The maximum atomic E-state index is 6.95. The van der Waals surface area contributed by atoms with Crippen LogP contribution in [0.2, 0.25) is 0 Å². The summed E-state index contributed by atoms with van der Waals surface area (Å²) >= 11 is 6.95. The van der Waals surface area contributed by atoms with Crippen LogP contribution in [-0.2, 0) is 0 Å². The summed E-state index contributed by atoms with van der Waals surface area (Å²) in [6, 6.07) is 18.0. The predicted octanol–water partition coefficient (Wildman–Crippen LogP) is 6.48. The first-order chi connectivity index (χ1) is 13.1. The third-order valence-corrected chi connectivity index (χ3v) is 7.06. The van der Waals surface area contributed by atoms with E-state index in [1.165, 1.54) is 32.1 Å². The molecule has 4 fully saturated rings. The molecule has 2 aromatic rings. The second-order valence-electron chi connectivity index (χ2n) is 9.07. The average molecular weight is 380 g/mol. The zero-order chi connectivity index (χ0) is 18.3. The number of aliphatic imine (C=N–C) groups is 1. The maximum Gasteiger partial charge on any atom is 0.128 e. The van der Waals surface area contributed by atoms with Crippen molar-refractivity contribution >= 4 is 17.8 Å². The summed E-state index contributed by atoms with van der Waals surface area (Å²) in [5.41, 5.74) is 1.44. The molecule has 0 aromatic heterocycles. The van der Waals surface area contributed by atoms with E-state index in [2.05, 4.69) is 12.1 Å². The van der Waals surface area contributed by atoms with Gasteiger partial charge in [0.25, 0.3) is 0 Å². The van der Waals surface area contributed by atoms with Crippen molar-refractivity contribution in [2.45, 2.75) is 43.4 Å². The normalized spacial score (nSPS) is 34.3.